The minimum Gasteiger partial charge on any atom is -0.314 e. The van der Waals surface area contributed by atoms with E-state index in [9.17, 15) is 9.60 Å². The molecule has 1 heterocycles. The van der Waals surface area contributed by atoms with Gasteiger partial charge in [0.25, 0.3) is 0 Å². The molecule has 1 aliphatic heterocycles. The van der Waals surface area contributed by atoms with Crippen molar-refractivity contribution in [1.29, 1.82) is 0 Å². The highest BCUT2D eigenvalue weighted by molar-refractivity contribution is 6.30. The number of benzene rings is 1. The van der Waals surface area contributed by atoms with Crippen molar-refractivity contribution in [3.63, 3.8) is 0 Å². The van der Waals surface area contributed by atoms with E-state index in [0.717, 1.165) is 6.42 Å². The van der Waals surface area contributed by atoms with Gasteiger partial charge in [0.05, 0.1) is 5.02 Å². The van der Waals surface area contributed by atoms with Gasteiger partial charge in [0.1, 0.15) is 5.82 Å². The third-order valence-electron chi connectivity index (χ3n) is 2.59. The van der Waals surface area contributed by atoms with Gasteiger partial charge in [-0.25, -0.2) is 4.39 Å². The number of halogens is 2. The Morgan fingerprint density at radius 3 is 2.93 bits per heavy atom. The Bertz CT molecular complexity index is 345. The summed E-state index contributed by atoms with van der Waals surface area (Å²) in [6.07, 6.45) is 0.772. The first-order valence-electron chi connectivity index (χ1n) is 4.56. The number of rotatable bonds is 1. The van der Waals surface area contributed by atoms with E-state index in [4.69, 9.17) is 11.6 Å². The van der Waals surface area contributed by atoms with E-state index in [1.54, 1.807) is 12.1 Å². The highest BCUT2D eigenvalue weighted by atomic mass is 35.5. The van der Waals surface area contributed by atoms with Crippen LogP contribution in [0.25, 0.3) is 0 Å². The van der Waals surface area contributed by atoms with Gasteiger partial charge < -0.3 is 5.21 Å². The Morgan fingerprint density at radius 1 is 1.50 bits per heavy atom. The molecule has 0 spiro atoms. The van der Waals surface area contributed by atoms with Crippen LogP contribution in [-0.4, -0.2) is 23.4 Å². The summed E-state index contributed by atoms with van der Waals surface area (Å²) in [7, 11) is 0. The molecule has 2 rings (SSSR count). The average Bonchev–Trinajstić information content (AvgIpc) is 2.57. The molecule has 0 radical (unpaired) electrons. The summed E-state index contributed by atoms with van der Waals surface area (Å²) in [5.74, 6) is -0.298. The average molecular weight is 216 g/mol. The van der Waals surface area contributed by atoms with Crippen molar-refractivity contribution in [2.45, 2.75) is 12.3 Å². The topological polar surface area (TPSA) is 23.5 Å². The molecule has 1 atom stereocenters. The van der Waals surface area contributed by atoms with E-state index in [2.05, 4.69) is 0 Å². The molecule has 1 aliphatic rings. The van der Waals surface area contributed by atoms with Crippen LogP contribution in [-0.2, 0) is 0 Å². The molecular formula is C10H11ClFNO. The predicted molar refractivity (Wildman–Crippen MR) is 52.1 cm³/mol. The number of nitrogens with zero attached hydrogens (tertiary/aromatic N) is 1. The Balaban J connectivity index is 2.28. The highest BCUT2D eigenvalue weighted by Crippen LogP contribution is 2.30. The molecular weight excluding hydrogens is 205 g/mol. The number of hydrogen-bond donors (Lipinski definition) is 1. The van der Waals surface area contributed by atoms with Crippen molar-refractivity contribution in [2.24, 2.45) is 0 Å². The Kier molecular flexibility index (Phi) is 2.72. The lowest BCUT2D eigenvalue weighted by atomic mass is 9.98. The molecule has 1 fully saturated rings. The summed E-state index contributed by atoms with van der Waals surface area (Å²) in [6, 6.07) is 5.00. The van der Waals surface area contributed by atoms with Crippen LogP contribution in [0, 0.1) is 5.82 Å². The maximum absolute atomic E-state index is 13.5. The van der Waals surface area contributed by atoms with E-state index in [1.807, 2.05) is 0 Å². The molecule has 0 bridgehead atoms. The first-order valence-corrected chi connectivity index (χ1v) is 4.94. The third kappa shape index (κ3) is 1.75. The fourth-order valence-corrected chi connectivity index (χ4v) is 2.01. The molecule has 1 saturated heterocycles. The van der Waals surface area contributed by atoms with Crippen LogP contribution in [0.1, 0.15) is 17.9 Å². The van der Waals surface area contributed by atoms with Crippen LogP contribution in [0.3, 0.4) is 0 Å². The standard InChI is InChI=1S/C10H11ClFNO/c11-9-3-1-2-8(10(9)12)7-4-5-13(14)6-7/h1-3,7,14H,4-6H2. The van der Waals surface area contributed by atoms with Crippen LogP contribution in [0.5, 0.6) is 0 Å². The van der Waals surface area contributed by atoms with Crippen molar-refractivity contribution >= 4 is 11.6 Å². The van der Waals surface area contributed by atoms with Crippen LogP contribution in [0.2, 0.25) is 5.02 Å². The first-order chi connectivity index (χ1) is 6.68. The summed E-state index contributed by atoms with van der Waals surface area (Å²) in [5.41, 5.74) is 0.606. The highest BCUT2D eigenvalue weighted by Gasteiger charge is 2.25. The summed E-state index contributed by atoms with van der Waals surface area (Å²) >= 11 is 5.68. The quantitative estimate of drug-likeness (QED) is 0.779. The van der Waals surface area contributed by atoms with Crippen LogP contribution < -0.4 is 0 Å². The minimum absolute atomic E-state index is 0.0544. The van der Waals surface area contributed by atoms with Gasteiger partial charge >= 0.3 is 0 Å². The molecule has 2 nitrogen and oxygen atoms in total. The minimum atomic E-state index is -0.352. The second kappa shape index (κ2) is 3.85. The van der Waals surface area contributed by atoms with Gasteiger partial charge in [-0.2, -0.15) is 5.06 Å². The van der Waals surface area contributed by atoms with Crippen molar-refractivity contribution in [1.82, 2.24) is 5.06 Å². The van der Waals surface area contributed by atoms with Crippen molar-refractivity contribution in [3.8, 4) is 0 Å². The van der Waals surface area contributed by atoms with Gasteiger partial charge in [0.15, 0.2) is 0 Å². The van der Waals surface area contributed by atoms with Crippen molar-refractivity contribution in [3.05, 3.63) is 34.6 Å². The zero-order valence-electron chi connectivity index (χ0n) is 7.58. The molecule has 1 aromatic carbocycles. The fraction of sp³-hybridized carbons (Fsp3) is 0.400. The Labute approximate surface area is 86.9 Å². The van der Waals surface area contributed by atoms with E-state index in [0.29, 0.717) is 18.7 Å². The zero-order valence-corrected chi connectivity index (χ0v) is 8.34. The molecule has 1 N–H and O–H groups in total. The SMILES string of the molecule is ON1CCC(c2cccc(Cl)c2F)C1. The summed E-state index contributed by atoms with van der Waals surface area (Å²) in [4.78, 5) is 0. The fourth-order valence-electron chi connectivity index (χ4n) is 1.83. The largest absolute Gasteiger partial charge is 0.314 e. The maximum atomic E-state index is 13.5. The van der Waals surface area contributed by atoms with Crippen molar-refractivity contribution < 1.29 is 9.60 Å². The monoisotopic (exact) mass is 215 g/mol. The van der Waals surface area contributed by atoms with Gasteiger partial charge in [-0.15, -0.1) is 0 Å². The van der Waals surface area contributed by atoms with Gasteiger partial charge in [-0.05, 0) is 18.1 Å². The lowest BCUT2D eigenvalue weighted by Gasteiger charge is -2.11. The summed E-state index contributed by atoms with van der Waals surface area (Å²) < 4.78 is 13.5. The van der Waals surface area contributed by atoms with Crippen LogP contribution in [0.4, 0.5) is 4.39 Å². The molecule has 4 heteroatoms. The normalized spacial score (nSPS) is 22.9. The number of hydroxylamine groups is 2. The van der Waals surface area contributed by atoms with E-state index < -0.39 is 0 Å². The van der Waals surface area contributed by atoms with Gasteiger partial charge in [0.2, 0.25) is 0 Å². The smallest absolute Gasteiger partial charge is 0.145 e. The Hall–Kier alpha value is -0.640. The molecule has 0 saturated carbocycles. The lowest BCUT2D eigenvalue weighted by Crippen LogP contribution is -2.14. The molecule has 1 unspecified atom stereocenters. The molecule has 0 amide bonds. The van der Waals surface area contributed by atoms with E-state index in [1.165, 1.54) is 11.1 Å². The molecule has 76 valence electrons. The van der Waals surface area contributed by atoms with Gasteiger partial charge in [-0.1, -0.05) is 23.7 Å². The predicted octanol–water partition coefficient (Wildman–Crippen LogP) is 2.66. The maximum Gasteiger partial charge on any atom is 0.145 e. The summed E-state index contributed by atoms with van der Waals surface area (Å²) in [5, 5.41) is 10.6. The number of hydrogen-bond acceptors (Lipinski definition) is 2. The van der Waals surface area contributed by atoms with Crippen LogP contribution >= 0.6 is 11.6 Å². The zero-order chi connectivity index (χ0) is 10.1. The third-order valence-corrected chi connectivity index (χ3v) is 2.88. The second-order valence-corrected chi connectivity index (χ2v) is 3.95. The second-order valence-electron chi connectivity index (χ2n) is 3.54. The lowest BCUT2D eigenvalue weighted by molar-refractivity contribution is -0.0692. The first kappa shape index (κ1) is 9.90. The Morgan fingerprint density at radius 2 is 2.29 bits per heavy atom. The van der Waals surface area contributed by atoms with Crippen molar-refractivity contribution in [2.75, 3.05) is 13.1 Å². The van der Waals surface area contributed by atoms with Crippen LogP contribution in [0.15, 0.2) is 18.2 Å². The van der Waals surface area contributed by atoms with E-state index in [-0.39, 0.29) is 16.8 Å². The van der Waals surface area contributed by atoms with Gasteiger partial charge in [-0.3, -0.25) is 0 Å². The molecule has 1 aromatic rings. The molecule has 0 aromatic heterocycles. The molecule has 0 aliphatic carbocycles. The van der Waals surface area contributed by atoms with Gasteiger partial charge in [0, 0.05) is 19.0 Å². The summed E-state index contributed by atoms with van der Waals surface area (Å²) in [6.45, 7) is 1.08. The molecule has 14 heavy (non-hydrogen) atoms. The van der Waals surface area contributed by atoms with E-state index >= 15 is 0 Å².